The molecule has 0 spiro atoms. The molecule has 0 aromatic heterocycles. The average Bonchev–Trinajstić information content (AvgIpc) is 2.62. The van der Waals surface area contributed by atoms with E-state index in [2.05, 4.69) is 17.2 Å². The molecular weight excluding hydrogens is 306 g/mol. The van der Waals surface area contributed by atoms with Crippen molar-refractivity contribution in [3.63, 3.8) is 0 Å². The van der Waals surface area contributed by atoms with Crippen LogP contribution in [0.25, 0.3) is 0 Å². The number of rotatable bonds is 6. The lowest BCUT2D eigenvalue weighted by molar-refractivity contribution is -0.132. The predicted octanol–water partition coefficient (Wildman–Crippen LogP) is 1.10. The second-order valence-electron chi connectivity index (χ2n) is 5.74. The van der Waals surface area contributed by atoms with E-state index in [1.807, 2.05) is 18.2 Å². The van der Waals surface area contributed by atoms with Gasteiger partial charge in [-0.1, -0.05) is 24.8 Å². The summed E-state index contributed by atoms with van der Waals surface area (Å²) < 4.78 is 0. The number of hydrogen-bond acceptors (Lipinski definition) is 3. The number of piperidine rings is 1. The van der Waals surface area contributed by atoms with E-state index < -0.39 is 0 Å². The smallest absolute Gasteiger partial charge is 0.251 e. The largest absolute Gasteiger partial charge is 0.352 e. The van der Waals surface area contributed by atoms with Crippen LogP contribution in [0.15, 0.2) is 43.0 Å². The van der Waals surface area contributed by atoms with E-state index in [9.17, 15) is 14.4 Å². The van der Waals surface area contributed by atoms with Gasteiger partial charge in [0.1, 0.15) is 0 Å². The van der Waals surface area contributed by atoms with Gasteiger partial charge >= 0.3 is 0 Å². The van der Waals surface area contributed by atoms with Crippen LogP contribution >= 0.6 is 0 Å². The molecule has 1 aromatic rings. The molecule has 0 aliphatic carbocycles. The van der Waals surface area contributed by atoms with Crippen molar-refractivity contribution in [1.29, 1.82) is 0 Å². The van der Waals surface area contributed by atoms with Gasteiger partial charge in [0.15, 0.2) is 0 Å². The van der Waals surface area contributed by atoms with E-state index in [0.717, 1.165) is 12.8 Å². The van der Waals surface area contributed by atoms with Crippen LogP contribution < -0.4 is 10.6 Å². The minimum Gasteiger partial charge on any atom is -0.352 e. The first-order chi connectivity index (χ1) is 11.6. The van der Waals surface area contributed by atoms with Crippen molar-refractivity contribution in [3.8, 4) is 0 Å². The van der Waals surface area contributed by atoms with E-state index in [1.165, 1.54) is 6.08 Å². The van der Waals surface area contributed by atoms with Crippen molar-refractivity contribution in [2.75, 3.05) is 19.6 Å². The number of nitrogens with one attached hydrogen (secondary N) is 2. The molecule has 1 aliphatic heterocycles. The third-order valence-corrected chi connectivity index (χ3v) is 4.04. The summed E-state index contributed by atoms with van der Waals surface area (Å²) in [6.07, 6.45) is 2.94. The number of nitrogens with zero attached hydrogens (tertiary/aromatic N) is 1. The molecule has 1 aromatic carbocycles. The van der Waals surface area contributed by atoms with E-state index in [-0.39, 0.29) is 30.2 Å². The third-order valence-electron chi connectivity index (χ3n) is 4.04. The van der Waals surface area contributed by atoms with Crippen LogP contribution in [-0.2, 0) is 9.59 Å². The van der Waals surface area contributed by atoms with Crippen molar-refractivity contribution in [3.05, 3.63) is 48.6 Å². The molecule has 24 heavy (non-hydrogen) atoms. The summed E-state index contributed by atoms with van der Waals surface area (Å²) in [6.45, 7) is 4.91. The van der Waals surface area contributed by atoms with Gasteiger partial charge in [-0.05, 0) is 31.1 Å². The number of amides is 3. The molecule has 1 heterocycles. The van der Waals surface area contributed by atoms with Crippen LogP contribution in [0.5, 0.6) is 0 Å². The third kappa shape index (κ3) is 5.22. The average molecular weight is 329 g/mol. The number of benzene rings is 1. The Balaban J connectivity index is 1.71. The molecule has 2 rings (SSSR count). The Bertz CT molecular complexity index is 593. The summed E-state index contributed by atoms with van der Waals surface area (Å²) in [5.74, 6) is -0.329. The molecule has 0 unspecified atom stereocenters. The van der Waals surface area contributed by atoms with Gasteiger partial charge in [0, 0.05) is 37.7 Å². The second-order valence-corrected chi connectivity index (χ2v) is 5.74. The highest BCUT2D eigenvalue weighted by molar-refractivity contribution is 5.94. The Morgan fingerprint density at radius 3 is 2.46 bits per heavy atom. The van der Waals surface area contributed by atoms with Gasteiger partial charge in [-0.2, -0.15) is 0 Å². The summed E-state index contributed by atoms with van der Waals surface area (Å²) >= 11 is 0. The number of likely N-dealkylation sites (tertiary alicyclic amines) is 1. The Labute approximate surface area is 141 Å². The van der Waals surface area contributed by atoms with E-state index in [1.54, 1.807) is 17.0 Å². The highest BCUT2D eigenvalue weighted by Crippen LogP contribution is 2.12. The number of carbonyl (C=O) groups is 3. The Kier molecular flexibility index (Phi) is 6.54. The molecule has 1 saturated heterocycles. The maximum absolute atomic E-state index is 12.1. The van der Waals surface area contributed by atoms with Crippen LogP contribution in [0.2, 0.25) is 0 Å². The summed E-state index contributed by atoms with van der Waals surface area (Å²) in [7, 11) is 0. The SMILES string of the molecule is C=CC(=O)NCCC(=O)N1CCC(NC(=O)c2ccccc2)CC1. The molecule has 3 amide bonds. The minimum atomic E-state index is -0.273. The molecule has 0 bridgehead atoms. The number of hydrogen-bond donors (Lipinski definition) is 2. The lowest BCUT2D eigenvalue weighted by Crippen LogP contribution is -2.47. The van der Waals surface area contributed by atoms with E-state index in [4.69, 9.17) is 0 Å². The Hall–Kier alpha value is -2.63. The maximum Gasteiger partial charge on any atom is 0.251 e. The zero-order chi connectivity index (χ0) is 17.4. The molecule has 128 valence electrons. The first-order valence-electron chi connectivity index (χ1n) is 8.14. The molecule has 1 aliphatic rings. The summed E-state index contributed by atoms with van der Waals surface area (Å²) in [4.78, 5) is 37.0. The second kappa shape index (κ2) is 8.86. The van der Waals surface area contributed by atoms with Gasteiger partial charge in [-0.15, -0.1) is 0 Å². The minimum absolute atomic E-state index is 0.0206. The maximum atomic E-state index is 12.1. The molecule has 6 nitrogen and oxygen atoms in total. The highest BCUT2D eigenvalue weighted by atomic mass is 16.2. The van der Waals surface area contributed by atoms with Crippen LogP contribution in [0.4, 0.5) is 0 Å². The van der Waals surface area contributed by atoms with Crippen molar-refractivity contribution < 1.29 is 14.4 Å². The predicted molar refractivity (Wildman–Crippen MR) is 91.3 cm³/mol. The van der Waals surface area contributed by atoms with Gasteiger partial charge in [0.2, 0.25) is 11.8 Å². The standard InChI is InChI=1S/C18H23N3O3/c1-2-16(22)19-11-8-17(23)21-12-9-15(10-13-21)20-18(24)14-6-4-3-5-7-14/h2-7,15H,1,8-13H2,(H,19,22)(H,20,24). The monoisotopic (exact) mass is 329 g/mol. The molecular formula is C18H23N3O3. The van der Waals surface area contributed by atoms with Crippen LogP contribution in [0.1, 0.15) is 29.6 Å². The zero-order valence-electron chi connectivity index (χ0n) is 13.7. The molecule has 0 atom stereocenters. The topological polar surface area (TPSA) is 78.5 Å². The van der Waals surface area contributed by atoms with Crippen molar-refractivity contribution in [2.45, 2.75) is 25.3 Å². The van der Waals surface area contributed by atoms with Gasteiger partial charge in [-0.25, -0.2) is 0 Å². The summed E-state index contributed by atoms with van der Waals surface area (Å²) in [5, 5.41) is 5.61. The van der Waals surface area contributed by atoms with E-state index in [0.29, 0.717) is 25.2 Å². The lowest BCUT2D eigenvalue weighted by atomic mass is 10.0. The van der Waals surface area contributed by atoms with Gasteiger partial charge in [0.05, 0.1) is 0 Å². The fourth-order valence-electron chi connectivity index (χ4n) is 2.65. The van der Waals surface area contributed by atoms with Crippen molar-refractivity contribution >= 4 is 17.7 Å². The molecule has 1 fully saturated rings. The molecule has 0 saturated carbocycles. The quantitative estimate of drug-likeness (QED) is 0.767. The normalized spacial score (nSPS) is 14.8. The molecule has 2 N–H and O–H groups in total. The zero-order valence-corrected chi connectivity index (χ0v) is 13.7. The fraction of sp³-hybridized carbons (Fsp3) is 0.389. The lowest BCUT2D eigenvalue weighted by Gasteiger charge is -2.32. The van der Waals surface area contributed by atoms with Crippen molar-refractivity contribution in [1.82, 2.24) is 15.5 Å². The fourth-order valence-corrected chi connectivity index (χ4v) is 2.65. The highest BCUT2D eigenvalue weighted by Gasteiger charge is 2.23. The van der Waals surface area contributed by atoms with E-state index >= 15 is 0 Å². The van der Waals surface area contributed by atoms with Crippen LogP contribution in [0.3, 0.4) is 0 Å². The van der Waals surface area contributed by atoms with Gasteiger partial charge in [0.25, 0.3) is 5.91 Å². The summed E-state index contributed by atoms with van der Waals surface area (Å²) in [5.41, 5.74) is 0.647. The Morgan fingerprint density at radius 2 is 1.83 bits per heavy atom. The Morgan fingerprint density at radius 1 is 1.17 bits per heavy atom. The van der Waals surface area contributed by atoms with Crippen LogP contribution in [0, 0.1) is 0 Å². The summed E-state index contributed by atoms with van der Waals surface area (Å²) in [6, 6.07) is 9.19. The van der Waals surface area contributed by atoms with Gasteiger partial charge < -0.3 is 15.5 Å². The molecule has 0 radical (unpaired) electrons. The van der Waals surface area contributed by atoms with Crippen LogP contribution in [-0.4, -0.2) is 48.3 Å². The molecule has 6 heteroatoms. The first kappa shape index (κ1) is 17.7. The first-order valence-corrected chi connectivity index (χ1v) is 8.14. The number of carbonyl (C=O) groups excluding carboxylic acids is 3. The van der Waals surface area contributed by atoms with Crippen molar-refractivity contribution in [2.24, 2.45) is 0 Å². The van der Waals surface area contributed by atoms with Gasteiger partial charge in [-0.3, -0.25) is 14.4 Å².